The van der Waals surface area contributed by atoms with Crippen molar-refractivity contribution in [3.63, 3.8) is 0 Å². The molecule has 0 atom stereocenters. The Hall–Kier alpha value is -1.80. The van der Waals surface area contributed by atoms with Gasteiger partial charge in [0.1, 0.15) is 5.01 Å². The molecule has 6 nitrogen and oxygen atoms in total. The molecule has 0 spiro atoms. The minimum atomic E-state index is -0.253. The maximum atomic E-state index is 12.0. The summed E-state index contributed by atoms with van der Waals surface area (Å²) in [6, 6.07) is 8.15. The highest BCUT2D eigenvalue weighted by Crippen LogP contribution is 2.20. The Bertz CT molecular complexity index is 683. The number of hydrogen-bond acceptors (Lipinski definition) is 6. The van der Waals surface area contributed by atoms with Crippen LogP contribution in [0.25, 0.3) is 0 Å². The van der Waals surface area contributed by atoms with Crippen LogP contribution in [-0.2, 0) is 13.0 Å². The predicted octanol–water partition coefficient (Wildman–Crippen LogP) is 3.37. The molecule has 1 aliphatic rings. The van der Waals surface area contributed by atoms with Gasteiger partial charge in [0.05, 0.1) is 0 Å². The quantitative estimate of drug-likeness (QED) is 0.808. The number of aromatic nitrogens is 2. The van der Waals surface area contributed by atoms with Crippen LogP contribution in [0.15, 0.2) is 24.3 Å². The Morgan fingerprint density at radius 3 is 2.68 bits per heavy atom. The van der Waals surface area contributed by atoms with Gasteiger partial charge in [-0.1, -0.05) is 30.4 Å². The number of nitrogens with zero attached hydrogens (tertiary/aromatic N) is 3. The second kappa shape index (κ2) is 9.05. The van der Waals surface area contributed by atoms with Gasteiger partial charge < -0.3 is 10.2 Å². The molecule has 134 valence electrons. The Morgan fingerprint density at radius 1 is 1.20 bits per heavy atom. The van der Waals surface area contributed by atoms with Crippen molar-refractivity contribution in [1.29, 1.82) is 0 Å². The van der Waals surface area contributed by atoms with Gasteiger partial charge in [-0.25, -0.2) is 4.79 Å². The molecule has 1 aliphatic heterocycles. The van der Waals surface area contributed by atoms with Gasteiger partial charge in [0.2, 0.25) is 5.13 Å². The third-order valence-electron chi connectivity index (χ3n) is 3.92. The number of thioether (sulfide) groups is 1. The summed E-state index contributed by atoms with van der Waals surface area (Å²) in [5.74, 6) is 2.38. The third-order valence-corrected chi connectivity index (χ3v) is 5.76. The normalized spacial score (nSPS) is 14.4. The van der Waals surface area contributed by atoms with E-state index in [4.69, 9.17) is 0 Å². The van der Waals surface area contributed by atoms with E-state index < -0.39 is 0 Å². The summed E-state index contributed by atoms with van der Waals surface area (Å²) in [4.78, 5) is 14.4. The Balaban J connectivity index is 1.46. The molecule has 0 unspecified atom stereocenters. The number of urea groups is 1. The zero-order valence-corrected chi connectivity index (χ0v) is 16.0. The highest BCUT2D eigenvalue weighted by molar-refractivity contribution is 7.99. The number of carbonyl (C=O) groups excluding carboxylic acids is 1. The second-order valence-electron chi connectivity index (χ2n) is 5.82. The molecule has 0 bridgehead atoms. The molecule has 1 aromatic heterocycles. The van der Waals surface area contributed by atoms with Crippen LogP contribution in [-0.4, -0.2) is 40.8 Å². The fourth-order valence-electron chi connectivity index (χ4n) is 2.59. The number of anilines is 2. The lowest BCUT2D eigenvalue weighted by Gasteiger charge is -2.28. The van der Waals surface area contributed by atoms with Crippen molar-refractivity contribution in [2.24, 2.45) is 0 Å². The number of nitrogens with one attached hydrogen (secondary N) is 2. The molecule has 2 N–H and O–H groups in total. The highest BCUT2D eigenvalue weighted by atomic mass is 32.2. The number of aryl methyl sites for hydroxylation is 1. The van der Waals surface area contributed by atoms with Gasteiger partial charge in [-0.05, 0) is 24.1 Å². The van der Waals surface area contributed by atoms with Crippen LogP contribution >= 0.6 is 23.1 Å². The monoisotopic (exact) mass is 377 g/mol. The lowest BCUT2D eigenvalue weighted by molar-refractivity contribution is 0.251. The zero-order valence-electron chi connectivity index (χ0n) is 14.3. The molecule has 2 aromatic rings. The van der Waals surface area contributed by atoms with E-state index >= 15 is 0 Å². The van der Waals surface area contributed by atoms with E-state index in [1.165, 1.54) is 28.5 Å². The Kier molecular flexibility index (Phi) is 6.52. The molecule has 0 saturated carbocycles. The first-order valence-corrected chi connectivity index (χ1v) is 10.5. The van der Waals surface area contributed by atoms with Crippen molar-refractivity contribution in [3.8, 4) is 0 Å². The minimum absolute atomic E-state index is 0.253. The summed E-state index contributed by atoms with van der Waals surface area (Å²) >= 11 is 3.43. The van der Waals surface area contributed by atoms with E-state index in [1.54, 1.807) is 0 Å². The van der Waals surface area contributed by atoms with Crippen molar-refractivity contribution in [2.45, 2.75) is 26.3 Å². The highest BCUT2D eigenvalue weighted by Gasteiger charge is 2.11. The summed E-state index contributed by atoms with van der Waals surface area (Å²) in [5, 5.41) is 15.1. The molecule has 8 heteroatoms. The molecule has 2 heterocycles. The molecule has 0 aliphatic carbocycles. The number of rotatable bonds is 6. The molecule has 1 saturated heterocycles. The summed E-state index contributed by atoms with van der Waals surface area (Å²) in [6.45, 7) is 4.79. The van der Waals surface area contributed by atoms with Crippen LogP contribution in [0.1, 0.15) is 23.9 Å². The van der Waals surface area contributed by atoms with Gasteiger partial charge in [-0.15, -0.1) is 10.2 Å². The van der Waals surface area contributed by atoms with Gasteiger partial charge in [0.25, 0.3) is 0 Å². The lowest BCUT2D eigenvalue weighted by Crippen LogP contribution is -2.32. The van der Waals surface area contributed by atoms with Crippen molar-refractivity contribution in [3.05, 3.63) is 34.8 Å². The van der Waals surface area contributed by atoms with E-state index in [1.807, 2.05) is 11.8 Å². The van der Waals surface area contributed by atoms with E-state index in [9.17, 15) is 4.79 Å². The van der Waals surface area contributed by atoms with Gasteiger partial charge in [-0.3, -0.25) is 5.32 Å². The van der Waals surface area contributed by atoms with Gasteiger partial charge in [-0.2, -0.15) is 11.8 Å². The fourth-order valence-corrected chi connectivity index (χ4v) is 4.33. The first-order chi connectivity index (χ1) is 12.2. The number of amides is 2. The van der Waals surface area contributed by atoms with Crippen LogP contribution in [0.3, 0.4) is 0 Å². The molecule has 3 rings (SSSR count). The molecular weight excluding hydrogens is 354 g/mol. The molecule has 1 aromatic carbocycles. The summed E-state index contributed by atoms with van der Waals surface area (Å²) < 4.78 is 0. The molecular formula is C17H23N5OS2. The summed E-state index contributed by atoms with van der Waals surface area (Å²) in [5.41, 5.74) is 2.33. The number of benzene rings is 1. The number of carbonyl (C=O) groups is 1. The van der Waals surface area contributed by atoms with Crippen LogP contribution in [0.5, 0.6) is 0 Å². The molecule has 2 amide bonds. The Labute approximate surface area is 156 Å². The van der Waals surface area contributed by atoms with E-state index in [0.717, 1.165) is 36.5 Å². The third kappa shape index (κ3) is 5.34. The Morgan fingerprint density at radius 2 is 1.96 bits per heavy atom. The maximum Gasteiger partial charge on any atom is 0.321 e. The molecule has 0 radical (unpaired) electrons. The first-order valence-electron chi connectivity index (χ1n) is 8.53. The van der Waals surface area contributed by atoms with Crippen molar-refractivity contribution in [1.82, 2.24) is 15.5 Å². The van der Waals surface area contributed by atoms with Gasteiger partial charge in [0.15, 0.2) is 0 Å². The van der Waals surface area contributed by atoms with Gasteiger partial charge in [0, 0.05) is 43.2 Å². The van der Waals surface area contributed by atoms with Crippen molar-refractivity contribution < 1.29 is 4.79 Å². The molecule has 1 fully saturated rings. The topological polar surface area (TPSA) is 70.1 Å². The van der Waals surface area contributed by atoms with Crippen LogP contribution in [0, 0.1) is 0 Å². The minimum Gasteiger partial charge on any atom is -0.370 e. The second-order valence-corrected chi connectivity index (χ2v) is 8.11. The fraction of sp³-hybridized carbons (Fsp3) is 0.471. The molecule has 25 heavy (non-hydrogen) atoms. The van der Waals surface area contributed by atoms with Crippen LogP contribution < -0.4 is 15.5 Å². The number of hydrogen-bond donors (Lipinski definition) is 2. The summed E-state index contributed by atoms with van der Waals surface area (Å²) in [7, 11) is 0. The maximum absolute atomic E-state index is 12.0. The lowest BCUT2D eigenvalue weighted by atomic mass is 10.2. The van der Waals surface area contributed by atoms with Crippen LogP contribution in [0.4, 0.5) is 15.6 Å². The zero-order chi connectivity index (χ0) is 17.5. The standard InChI is InChI=1S/C17H23N5OS2/c1-2-3-15-20-21-17(25-15)19-16(23)18-12-13-4-6-14(7-5-13)22-8-10-24-11-9-22/h4-7H,2-3,8-12H2,1H3,(H2,18,19,21,23). The largest absolute Gasteiger partial charge is 0.370 e. The first kappa shape index (κ1) is 18.0. The summed E-state index contributed by atoms with van der Waals surface area (Å²) in [6.07, 6.45) is 1.91. The average Bonchev–Trinajstić information content (AvgIpc) is 3.08. The predicted molar refractivity (Wildman–Crippen MR) is 106 cm³/mol. The average molecular weight is 378 g/mol. The van der Waals surface area contributed by atoms with E-state index in [0.29, 0.717) is 11.7 Å². The smallest absolute Gasteiger partial charge is 0.321 e. The van der Waals surface area contributed by atoms with Crippen molar-refractivity contribution in [2.75, 3.05) is 34.8 Å². The van der Waals surface area contributed by atoms with E-state index in [-0.39, 0.29) is 6.03 Å². The van der Waals surface area contributed by atoms with Crippen molar-refractivity contribution >= 4 is 39.9 Å². The van der Waals surface area contributed by atoms with Crippen LogP contribution in [0.2, 0.25) is 0 Å². The SMILES string of the molecule is CCCc1nnc(NC(=O)NCc2ccc(N3CCSCC3)cc2)s1. The van der Waals surface area contributed by atoms with Gasteiger partial charge >= 0.3 is 6.03 Å². The van der Waals surface area contributed by atoms with E-state index in [2.05, 4.69) is 56.9 Å².